The molecule has 3 aromatic heterocycles. The van der Waals surface area contributed by atoms with Crippen molar-refractivity contribution in [3.05, 3.63) is 36.8 Å². The number of alkyl halides is 3. The molecule has 13 heteroatoms. The minimum absolute atomic E-state index is 0.0956. The lowest BCUT2D eigenvalue weighted by molar-refractivity contribution is -0.143. The third-order valence-corrected chi connectivity index (χ3v) is 9.93. The second-order valence-electron chi connectivity index (χ2n) is 10.7. The van der Waals surface area contributed by atoms with E-state index in [-0.39, 0.29) is 21.1 Å². The van der Waals surface area contributed by atoms with Crippen LogP contribution in [-0.2, 0) is 17.5 Å². The van der Waals surface area contributed by atoms with E-state index in [1.54, 1.807) is 18.6 Å². The molecule has 8 nitrogen and oxygen atoms in total. The average Bonchev–Trinajstić information content (AvgIpc) is 3.47. The Morgan fingerprint density at radius 3 is 2.54 bits per heavy atom. The third kappa shape index (κ3) is 5.27. The van der Waals surface area contributed by atoms with E-state index in [1.165, 1.54) is 0 Å². The molecule has 3 aromatic rings. The van der Waals surface area contributed by atoms with Crippen molar-refractivity contribution in [2.75, 3.05) is 18.0 Å². The second-order valence-corrected chi connectivity index (χ2v) is 13.8. The Kier molecular flexibility index (Phi) is 7.09. The number of nitrogens with one attached hydrogen (secondary N) is 1. The SMILES string of the molecule is CC(C)(C)[S+]([O-])N[C@@H]1CCCC12CCN(c1ncc(Sc3cncnc3C(F)(F)F)c3nccn13)CC2. The van der Waals surface area contributed by atoms with Crippen LogP contribution in [0.3, 0.4) is 0 Å². The molecule has 0 aromatic carbocycles. The van der Waals surface area contributed by atoms with E-state index in [0.29, 0.717) is 16.5 Å². The number of hydrogen-bond acceptors (Lipinski definition) is 8. The molecular formula is C24H30F3N7OS2. The van der Waals surface area contributed by atoms with Crippen molar-refractivity contribution in [3.8, 4) is 0 Å². The van der Waals surface area contributed by atoms with Crippen molar-refractivity contribution in [3.63, 3.8) is 0 Å². The summed E-state index contributed by atoms with van der Waals surface area (Å²) in [6.45, 7) is 7.53. The maximum Gasteiger partial charge on any atom is 0.434 e. The zero-order valence-electron chi connectivity index (χ0n) is 21.0. The molecule has 1 unspecified atom stereocenters. The van der Waals surface area contributed by atoms with Gasteiger partial charge in [0.1, 0.15) is 11.1 Å². The van der Waals surface area contributed by atoms with Crippen molar-refractivity contribution in [2.45, 2.75) is 79.6 Å². The summed E-state index contributed by atoms with van der Waals surface area (Å²) in [5.41, 5.74) is -0.328. The predicted octanol–water partition coefficient (Wildman–Crippen LogP) is 4.88. The molecule has 1 N–H and O–H groups in total. The zero-order valence-corrected chi connectivity index (χ0v) is 22.6. The fourth-order valence-electron chi connectivity index (χ4n) is 5.29. The summed E-state index contributed by atoms with van der Waals surface area (Å²) in [7, 11) is 0. The summed E-state index contributed by atoms with van der Waals surface area (Å²) in [5, 5.41) is 0. The van der Waals surface area contributed by atoms with Crippen LogP contribution in [0.4, 0.5) is 19.1 Å². The summed E-state index contributed by atoms with van der Waals surface area (Å²) in [4.78, 5) is 18.9. The summed E-state index contributed by atoms with van der Waals surface area (Å²) in [6, 6.07) is 0.227. The Morgan fingerprint density at radius 1 is 1.08 bits per heavy atom. The Morgan fingerprint density at radius 2 is 1.84 bits per heavy atom. The highest BCUT2D eigenvalue weighted by molar-refractivity contribution is 7.99. The molecule has 0 bridgehead atoms. The highest BCUT2D eigenvalue weighted by atomic mass is 32.2. The molecule has 1 aliphatic carbocycles. The fourth-order valence-corrected chi connectivity index (χ4v) is 7.23. The van der Waals surface area contributed by atoms with Gasteiger partial charge in [-0.25, -0.2) is 19.9 Å². The molecule has 1 saturated heterocycles. The van der Waals surface area contributed by atoms with Gasteiger partial charge in [-0.05, 0) is 51.9 Å². The summed E-state index contributed by atoms with van der Waals surface area (Å²) in [5.74, 6) is 0.716. The first-order valence-corrected chi connectivity index (χ1v) is 14.2. The first-order chi connectivity index (χ1) is 17.5. The topological polar surface area (TPSA) is 94.3 Å². The van der Waals surface area contributed by atoms with Gasteiger partial charge < -0.3 is 9.45 Å². The number of nitrogens with zero attached hydrogens (tertiary/aromatic N) is 6. The number of imidazole rings is 1. The molecule has 2 atom stereocenters. The number of anilines is 1. The van der Waals surface area contributed by atoms with Gasteiger partial charge in [-0.2, -0.15) is 13.2 Å². The Labute approximate surface area is 221 Å². The van der Waals surface area contributed by atoms with E-state index in [0.717, 1.165) is 69.5 Å². The fraction of sp³-hybridized carbons (Fsp3) is 0.583. The van der Waals surface area contributed by atoms with Crippen LogP contribution in [0.5, 0.6) is 0 Å². The van der Waals surface area contributed by atoms with E-state index in [2.05, 4.69) is 29.6 Å². The van der Waals surface area contributed by atoms with Crippen LogP contribution >= 0.6 is 11.8 Å². The normalized spacial score (nSPS) is 21.2. The molecule has 1 spiro atoms. The minimum atomic E-state index is -4.58. The molecule has 2 aliphatic rings. The maximum atomic E-state index is 13.4. The monoisotopic (exact) mass is 553 g/mol. The summed E-state index contributed by atoms with van der Waals surface area (Å²) in [6.07, 6.45) is 7.64. The minimum Gasteiger partial charge on any atom is -0.598 e. The largest absolute Gasteiger partial charge is 0.598 e. The third-order valence-electron chi connectivity index (χ3n) is 7.30. The molecule has 4 heterocycles. The highest BCUT2D eigenvalue weighted by Crippen LogP contribution is 2.47. The highest BCUT2D eigenvalue weighted by Gasteiger charge is 2.48. The molecular weight excluding hydrogens is 523 g/mol. The molecule has 5 rings (SSSR count). The van der Waals surface area contributed by atoms with Gasteiger partial charge >= 0.3 is 6.18 Å². The summed E-state index contributed by atoms with van der Waals surface area (Å²) >= 11 is -0.203. The van der Waals surface area contributed by atoms with Crippen LogP contribution in [0, 0.1) is 5.41 Å². The molecule has 200 valence electrons. The van der Waals surface area contributed by atoms with Gasteiger partial charge in [0.05, 0.1) is 15.8 Å². The van der Waals surface area contributed by atoms with E-state index in [4.69, 9.17) is 0 Å². The van der Waals surface area contributed by atoms with Gasteiger partial charge in [-0.3, -0.25) is 4.40 Å². The Bertz CT molecular complexity index is 1260. The number of aromatic nitrogens is 5. The molecule has 1 aliphatic heterocycles. The number of halogens is 3. The number of rotatable bonds is 5. The van der Waals surface area contributed by atoms with Crippen molar-refractivity contribution in [2.24, 2.45) is 5.41 Å². The van der Waals surface area contributed by atoms with Gasteiger partial charge in [-0.1, -0.05) is 18.2 Å². The van der Waals surface area contributed by atoms with E-state index in [9.17, 15) is 17.7 Å². The molecule has 1 saturated carbocycles. The number of fused-ring (bicyclic) bond motifs is 1. The second kappa shape index (κ2) is 9.90. The number of piperidine rings is 1. The van der Waals surface area contributed by atoms with Crippen molar-refractivity contribution in [1.82, 2.24) is 29.1 Å². The molecule has 0 radical (unpaired) electrons. The lowest BCUT2D eigenvalue weighted by atomic mass is 9.74. The Hall–Kier alpha value is -2.09. The maximum absolute atomic E-state index is 13.4. The van der Waals surface area contributed by atoms with Crippen molar-refractivity contribution < 1.29 is 17.7 Å². The molecule has 2 fully saturated rings. The van der Waals surface area contributed by atoms with Crippen LogP contribution in [0.1, 0.15) is 58.6 Å². The van der Waals surface area contributed by atoms with Gasteiger partial charge in [0, 0.05) is 49.2 Å². The van der Waals surface area contributed by atoms with Gasteiger partial charge in [0.15, 0.2) is 11.3 Å². The molecule has 0 amide bonds. The molecule has 37 heavy (non-hydrogen) atoms. The smallest absolute Gasteiger partial charge is 0.434 e. The lowest BCUT2D eigenvalue weighted by Crippen LogP contribution is -2.53. The van der Waals surface area contributed by atoms with Gasteiger partial charge in [0.2, 0.25) is 5.95 Å². The van der Waals surface area contributed by atoms with E-state index in [1.807, 2.05) is 25.2 Å². The average molecular weight is 554 g/mol. The summed E-state index contributed by atoms with van der Waals surface area (Å²) < 4.78 is 58.0. The first-order valence-electron chi connectivity index (χ1n) is 12.3. The van der Waals surface area contributed by atoms with Gasteiger partial charge in [-0.15, -0.1) is 4.72 Å². The van der Waals surface area contributed by atoms with Crippen LogP contribution in [0.25, 0.3) is 5.65 Å². The van der Waals surface area contributed by atoms with Crippen molar-refractivity contribution in [1.29, 1.82) is 0 Å². The lowest BCUT2D eigenvalue weighted by Gasteiger charge is -2.44. The first kappa shape index (κ1) is 26.5. The standard InChI is InChI=1S/C24H30F3N7OS2/c1-22(2,3)37(35)32-18-5-4-6-23(18)7-10-33(11-8-23)21-30-14-17(20-29-9-12-34(20)21)36-16-13-28-15-31-19(16)24(25,26)27/h9,12-15,18,32H,4-8,10-11H2,1-3H3/t18-,37?/m1/s1. The van der Waals surface area contributed by atoms with E-state index < -0.39 is 23.2 Å². The van der Waals surface area contributed by atoms with Crippen molar-refractivity contribution >= 4 is 34.7 Å². The van der Waals surface area contributed by atoms with Crippen LogP contribution < -0.4 is 9.62 Å². The predicted molar refractivity (Wildman–Crippen MR) is 137 cm³/mol. The number of hydrogen-bond donors (Lipinski definition) is 1. The Balaban J connectivity index is 1.34. The zero-order chi connectivity index (χ0) is 26.4. The quantitative estimate of drug-likeness (QED) is 0.447. The van der Waals surface area contributed by atoms with E-state index >= 15 is 0 Å². The van der Waals surface area contributed by atoms with Crippen LogP contribution in [0.15, 0.2) is 40.9 Å². The van der Waals surface area contributed by atoms with Crippen LogP contribution in [0.2, 0.25) is 0 Å². The van der Waals surface area contributed by atoms with Crippen LogP contribution in [-0.4, -0.2) is 52.8 Å². The van der Waals surface area contributed by atoms with Gasteiger partial charge in [0.25, 0.3) is 0 Å².